The van der Waals surface area contributed by atoms with Crippen molar-refractivity contribution in [1.82, 2.24) is 15.1 Å². The number of furan rings is 1. The Hall–Kier alpha value is -1.86. The van der Waals surface area contributed by atoms with Crippen molar-refractivity contribution < 1.29 is 13.6 Å². The normalized spacial score (nSPS) is 25.4. The Balaban J connectivity index is 1.48. The largest absolute Gasteiger partial charge is 0.465 e. The van der Waals surface area contributed by atoms with Gasteiger partial charge in [-0.15, -0.1) is 5.10 Å². The first-order chi connectivity index (χ1) is 12.1. The van der Waals surface area contributed by atoms with Gasteiger partial charge >= 0.3 is 6.01 Å². The lowest BCUT2D eigenvalue weighted by Crippen LogP contribution is -2.50. The zero-order valence-corrected chi connectivity index (χ0v) is 15.0. The SMILES string of the molecule is Cc1ccc(CN2CCCC3(COCCN(c4nnc(C)o4)C3)C2)o1. The Morgan fingerprint density at radius 2 is 2.04 bits per heavy atom. The molecular weight excluding hydrogens is 320 g/mol. The summed E-state index contributed by atoms with van der Waals surface area (Å²) in [5.41, 5.74) is 0.0960. The highest BCUT2D eigenvalue weighted by Gasteiger charge is 2.40. The molecule has 1 unspecified atom stereocenters. The van der Waals surface area contributed by atoms with E-state index in [0.29, 0.717) is 18.5 Å². The molecule has 0 N–H and O–H groups in total. The van der Waals surface area contributed by atoms with Crippen LogP contribution in [0.5, 0.6) is 0 Å². The molecule has 4 heterocycles. The van der Waals surface area contributed by atoms with E-state index < -0.39 is 0 Å². The molecular formula is C18H26N4O3. The first kappa shape index (κ1) is 16.6. The van der Waals surface area contributed by atoms with Gasteiger partial charge in [-0.1, -0.05) is 5.10 Å². The highest BCUT2D eigenvalue weighted by molar-refractivity contribution is 5.26. The minimum absolute atomic E-state index is 0.0960. The van der Waals surface area contributed by atoms with Gasteiger partial charge in [-0.05, 0) is 38.4 Å². The molecule has 7 nitrogen and oxygen atoms in total. The zero-order chi connectivity index (χ0) is 17.3. The maximum atomic E-state index is 5.97. The number of piperidine rings is 1. The molecule has 2 aromatic heterocycles. The molecule has 0 saturated carbocycles. The molecule has 1 spiro atoms. The van der Waals surface area contributed by atoms with Gasteiger partial charge in [0.15, 0.2) is 0 Å². The summed E-state index contributed by atoms with van der Waals surface area (Å²) in [4.78, 5) is 4.67. The molecule has 2 saturated heterocycles. The quantitative estimate of drug-likeness (QED) is 0.845. The molecule has 0 aliphatic carbocycles. The summed E-state index contributed by atoms with van der Waals surface area (Å²) in [5, 5.41) is 8.18. The lowest BCUT2D eigenvalue weighted by Gasteiger charge is -2.43. The van der Waals surface area contributed by atoms with E-state index in [4.69, 9.17) is 13.6 Å². The Morgan fingerprint density at radius 3 is 2.80 bits per heavy atom. The highest BCUT2D eigenvalue weighted by Crippen LogP contribution is 2.35. The number of hydrogen-bond acceptors (Lipinski definition) is 7. The van der Waals surface area contributed by atoms with Gasteiger partial charge in [-0.2, -0.15) is 0 Å². The summed E-state index contributed by atoms with van der Waals surface area (Å²) < 4.78 is 17.4. The number of anilines is 1. The van der Waals surface area contributed by atoms with E-state index in [1.165, 1.54) is 6.42 Å². The van der Waals surface area contributed by atoms with Crippen molar-refractivity contribution in [2.45, 2.75) is 33.2 Å². The second-order valence-electron chi connectivity index (χ2n) is 7.40. The van der Waals surface area contributed by atoms with Gasteiger partial charge in [-0.3, -0.25) is 4.90 Å². The van der Waals surface area contributed by atoms with Gasteiger partial charge in [0.2, 0.25) is 5.89 Å². The number of aromatic nitrogens is 2. The second-order valence-corrected chi connectivity index (χ2v) is 7.40. The van der Waals surface area contributed by atoms with Gasteiger partial charge in [-0.25, -0.2) is 0 Å². The molecule has 25 heavy (non-hydrogen) atoms. The number of rotatable bonds is 3. The average Bonchev–Trinajstić information content (AvgIpc) is 3.14. The minimum Gasteiger partial charge on any atom is -0.465 e. The molecule has 2 aliphatic heterocycles. The van der Waals surface area contributed by atoms with Crippen LogP contribution in [0.15, 0.2) is 21.0 Å². The van der Waals surface area contributed by atoms with Crippen LogP contribution in [0.25, 0.3) is 0 Å². The van der Waals surface area contributed by atoms with E-state index >= 15 is 0 Å². The van der Waals surface area contributed by atoms with E-state index in [1.807, 2.05) is 19.9 Å². The van der Waals surface area contributed by atoms with Crippen LogP contribution < -0.4 is 4.90 Å². The van der Waals surface area contributed by atoms with E-state index in [1.54, 1.807) is 0 Å². The summed E-state index contributed by atoms with van der Waals surface area (Å²) in [7, 11) is 0. The van der Waals surface area contributed by atoms with Crippen molar-refractivity contribution in [3.05, 3.63) is 29.5 Å². The van der Waals surface area contributed by atoms with Crippen LogP contribution in [0.2, 0.25) is 0 Å². The van der Waals surface area contributed by atoms with Crippen LogP contribution in [0.3, 0.4) is 0 Å². The van der Waals surface area contributed by atoms with Crippen molar-refractivity contribution in [3.8, 4) is 0 Å². The zero-order valence-electron chi connectivity index (χ0n) is 15.0. The molecule has 2 aliphatic rings. The molecule has 136 valence electrons. The summed E-state index contributed by atoms with van der Waals surface area (Å²) in [6.45, 7) is 9.93. The van der Waals surface area contributed by atoms with Crippen molar-refractivity contribution in [1.29, 1.82) is 0 Å². The van der Waals surface area contributed by atoms with Crippen LogP contribution >= 0.6 is 0 Å². The molecule has 0 radical (unpaired) electrons. The molecule has 1 atom stereocenters. The number of aryl methyl sites for hydroxylation is 2. The van der Waals surface area contributed by atoms with E-state index in [9.17, 15) is 0 Å². The number of likely N-dealkylation sites (tertiary alicyclic amines) is 1. The van der Waals surface area contributed by atoms with E-state index in [-0.39, 0.29) is 5.41 Å². The smallest absolute Gasteiger partial charge is 0.318 e. The first-order valence-corrected chi connectivity index (χ1v) is 9.02. The number of nitrogens with zero attached hydrogens (tertiary/aromatic N) is 4. The third-order valence-electron chi connectivity index (χ3n) is 5.14. The fourth-order valence-corrected chi connectivity index (χ4v) is 4.05. The maximum Gasteiger partial charge on any atom is 0.318 e. The third-order valence-corrected chi connectivity index (χ3v) is 5.14. The molecule has 4 rings (SSSR count). The van der Waals surface area contributed by atoms with Crippen molar-refractivity contribution in [3.63, 3.8) is 0 Å². The lowest BCUT2D eigenvalue weighted by molar-refractivity contribution is 0.00862. The Kier molecular flexibility index (Phi) is 4.52. The highest BCUT2D eigenvalue weighted by atomic mass is 16.5. The summed E-state index contributed by atoms with van der Waals surface area (Å²) >= 11 is 0. The van der Waals surface area contributed by atoms with Gasteiger partial charge in [0.1, 0.15) is 11.5 Å². The lowest BCUT2D eigenvalue weighted by atomic mass is 9.80. The van der Waals surface area contributed by atoms with E-state index in [2.05, 4.69) is 26.1 Å². The van der Waals surface area contributed by atoms with Crippen molar-refractivity contribution in [2.75, 3.05) is 44.3 Å². The number of hydrogen-bond donors (Lipinski definition) is 0. The van der Waals surface area contributed by atoms with Gasteiger partial charge < -0.3 is 18.5 Å². The summed E-state index contributed by atoms with van der Waals surface area (Å²) in [6, 6.07) is 4.72. The molecule has 0 amide bonds. The fourth-order valence-electron chi connectivity index (χ4n) is 4.05. The van der Waals surface area contributed by atoms with Crippen LogP contribution in [-0.2, 0) is 11.3 Å². The summed E-state index contributed by atoms with van der Waals surface area (Å²) in [5.74, 6) is 2.61. The second kappa shape index (κ2) is 6.80. The third kappa shape index (κ3) is 3.72. The predicted molar refractivity (Wildman–Crippen MR) is 92.5 cm³/mol. The van der Waals surface area contributed by atoms with Gasteiger partial charge in [0, 0.05) is 32.0 Å². The predicted octanol–water partition coefficient (Wildman–Crippen LogP) is 2.40. The Bertz CT molecular complexity index is 713. The monoisotopic (exact) mass is 346 g/mol. The van der Waals surface area contributed by atoms with Crippen molar-refractivity contribution in [2.24, 2.45) is 5.41 Å². The molecule has 2 fully saturated rings. The van der Waals surface area contributed by atoms with Gasteiger partial charge in [0.25, 0.3) is 0 Å². The number of ether oxygens (including phenoxy) is 1. The molecule has 7 heteroatoms. The fraction of sp³-hybridized carbons (Fsp3) is 0.667. The Morgan fingerprint density at radius 1 is 1.12 bits per heavy atom. The van der Waals surface area contributed by atoms with Crippen LogP contribution in [0, 0.1) is 19.3 Å². The summed E-state index contributed by atoms with van der Waals surface area (Å²) in [6.07, 6.45) is 2.32. The first-order valence-electron chi connectivity index (χ1n) is 9.02. The van der Waals surface area contributed by atoms with Gasteiger partial charge in [0.05, 0.1) is 19.8 Å². The standard InChI is InChI=1S/C18H26N4O3/c1-14-4-5-16(24-14)10-21-7-3-6-18(11-21)12-22(8-9-23-13-18)17-20-19-15(2)25-17/h4-5H,3,6-13H2,1-2H3. The Labute approximate surface area is 147 Å². The van der Waals surface area contributed by atoms with Crippen LogP contribution in [0.4, 0.5) is 6.01 Å². The van der Waals surface area contributed by atoms with Crippen molar-refractivity contribution >= 4 is 6.01 Å². The molecule has 2 aromatic rings. The topological polar surface area (TPSA) is 67.8 Å². The molecule has 0 bridgehead atoms. The average molecular weight is 346 g/mol. The van der Waals surface area contributed by atoms with E-state index in [0.717, 1.165) is 57.3 Å². The minimum atomic E-state index is 0.0960. The van der Waals surface area contributed by atoms with Crippen LogP contribution in [0.1, 0.15) is 30.3 Å². The van der Waals surface area contributed by atoms with Crippen LogP contribution in [-0.4, -0.2) is 54.5 Å². The molecule has 0 aromatic carbocycles. The maximum absolute atomic E-state index is 5.97.